The zero-order chi connectivity index (χ0) is 16.7. The summed E-state index contributed by atoms with van der Waals surface area (Å²) in [5, 5.41) is 3.09. The van der Waals surface area contributed by atoms with Crippen molar-refractivity contribution < 1.29 is 9.59 Å². The Kier molecular flexibility index (Phi) is 6.63. The van der Waals surface area contributed by atoms with E-state index in [1.54, 1.807) is 0 Å². The zero-order valence-corrected chi connectivity index (χ0v) is 14.3. The van der Waals surface area contributed by atoms with Crippen molar-refractivity contribution in [3.05, 3.63) is 35.9 Å². The van der Waals surface area contributed by atoms with E-state index in [0.29, 0.717) is 5.92 Å². The molecule has 0 aromatic heterocycles. The third kappa shape index (κ3) is 4.81. The summed E-state index contributed by atoms with van der Waals surface area (Å²) in [6, 6.07) is 9.45. The van der Waals surface area contributed by atoms with Crippen molar-refractivity contribution in [2.75, 3.05) is 19.6 Å². The van der Waals surface area contributed by atoms with Crippen molar-refractivity contribution in [2.45, 2.75) is 39.5 Å². The summed E-state index contributed by atoms with van der Waals surface area (Å²) in [5.41, 5.74) is 0.757. The first-order valence-corrected chi connectivity index (χ1v) is 8.77. The van der Waals surface area contributed by atoms with Crippen LogP contribution in [0, 0.1) is 11.8 Å². The van der Waals surface area contributed by atoms with Crippen molar-refractivity contribution in [3.8, 4) is 0 Å². The maximum atomic E-state index is 12.4. The molecule has 23 heavy (non-hydrogen) atoms. The number of rotatable bonds is 6. The molecular weight excluding hydrogens is 288 g/mol. The summed E-state index contributed by atoms with van der Waals surface area (Å²) in [5.74, 6) is 0.908. The maximum absolute atomic E-state index is 12.4. The Bertz CT molecular complexity index is 503. The lowest BCUT2D eigenvalue weighted by atomic mass is 9.95. The predicted molar refractivity (Wildman–Crippen MR) is 92.2 cm³/mol. The van der Waals surface area contributed by atoms with Crippen LogP contribution in [0.4, 0.5) is 0 Å². The average Bonchev–Trinajstić information content (AvgIpc) is 2.61. The number of nitrogens with zero attached hydrogens (tertiary/aromatic N) is 1. The van der Waals surface area contributed by atoms with Gasteiger partial charge < -0.3 is 10.2 Å². The van der Waals surface area contributed by atoms with E-state index in [2.05, 4.69) is 19.2 Å². The largest absolute Gasteiger partial charge is 0.356 e. The van der Waals surface area contributed by atoms with Crippen LogP contribution in [0.2, 0.25) is 0 Å². The van der Waals surface area contributed by atoms with Gasteiger partial charge in [0, 0.05) is 31.1 Å². The van der Waals surface area contributed by atoms with Crippen LogP contribution >= 0.6 is 0 Å². The fourth-order valence-corrected chi connectivity index (χ4v) is 3.15. The lowest BCUT2D eigenvalue weighted by Crippen LogP contribution is -2.42. The van der Waals surface area contributed by atoms with Gasteiger partial charge in [0.2, 0.25) is 5.91 Å². The fraction of sp³-hybridized carbons (Fsp3) is 0.579. The highest BCUT2D eigenvalue weighted by atomic mass is 16.2. The molecule has 1 saturated heterocycles. The first kappa shape index (κ1) is 17.5. The molecule has 2 rings (SSSR count). The van der Waals surface area contributed by atoms with E-state index in [-0.39, 0.29) is 17.7 Å². The summed E-state index contributed by atoms with van der Waals surface area (Å²) in [6.45, 7) is 6.41. The molecule has 1 aliphatic rings. The Morgan fingerprint density at radius 2 is 1.74 bits per heavy atom. The minimum Gasteiger partial charge on any atom is -0.356 e. The Balaban J connectivity index is 1.76. The van der Waals surface area contributed by atoms with Gasteiger partial charge in [-0.3, -0.25) is 9.59 Å². The highest BCUT2D eigenvalue weighted by Gasteiger charge is 2.24. The summed E-state index contributed by atoms with van der Waals surface area (Å²) >= 11 is 0. The highest BCUT2D eigenvalue weighted by molar-refractivity contribution is 5.94. The molecule has 0 spiro atoms. The molecule has 2 amide bonds. The molecule has 126 valence electrons. The van der Waals surface area contributed by atoms with Crippen molar-refractivity contribution in [1.82, 2.24) is 10.2 Å². The van der Waals surface area contributed by atoms with Gasteiger partial charge in [-0.05, 0) is 43.7 Å². The molecule has 0 saturated carbocycles. The number of benzene rings is 1. The monoisotopic (exact) mass is 316 g/mol. The summed E-state index contributed by atoms with van der Waals surface area (Å²) in [6.07, 6.45) is 3.71. The highest BCUT2D eigenvalue weighted by Crippen LogP contribution is 2.19. The quantitative estimate of drug-likeness (QED) is 0.877. The first-order chi connectivity index (χ1) is 11.2. The van der Waals surface area contributed by atoms with Gasteiger partial charge in [-0.15, -0.1) is 0 Å². The Morgan fingerprint density at radius 1 is 1.13 bits per heavy atom. The molecule has 0 unspecified atom stereocenters. The van der Waals surface area contributed by atoms with Crippen LogP contribution in [0.3, 0.4) is 0 Å². The Morgan fingerprint density at radius 3 is 2.30 bits per heavy atom. The standard InChI is InChI=1S/C19H28N2O2/c1-3-16(4-2)18(22)20-14-15-10-12-21(13-11-15)19(23)17-8-6-5-7-9-17/h5-9,15-16H,3-4,10-14H2,1-2H3,(H,20,22). The van der Waals surface area contributed by atoms with Gasteiger partial charge >= 0.3 is 0 Å². The van der Waals surface area contributed by atoms with E-state index < -0.39 is 0 Å². The van der Waals surface area contributed by atoms with Gasteiger partial charge in [0.05, 0.1) is 0 Å². The van der Waals surface area contributed by atoms with Crippen molar-refractivity contribution in [3.63, 3.8) is 0 Å². The molecule has 1 aliphatic heterocycles. The lowest BCUT2D eigenvalue weighted by Gasteiger charge is -2.32. The van der Waals surface area contributed by atoms with Crippen molar-refractivity contribution in [2.24, 2.45) is 11.8 Å². The second-order valence-corrected chi connectivity index (χ2v) is 6.36. The van der Waals surface area contributed by atoms with Gasteiger partial charge in [-0.2, -0.15) is 0 Å². The van der Waals surface area contributed by atoms with Crippen LogP contribution in [0.1, 0.15) is 49.9 Å². The van der Waals surface area contributed by atoms with Crippen LogP contribution in [0.25, 0.3) is 0 Å². The van der Waals surface area contributed by atoms with Gasteiger partial charge in [0.15, 0.2) is 0 Å². The van der Waals surface area contributed by atoms with Crippen molar-refractivity contribution >= 4 is 11.8 Å². The van der Waals surface area contributed by atoms with Crippen LogP contribution in [-0.4, -0.2) is 36.3 Å². The molecule has 1 fully saturated rings. The number of amides is 2. The van der Waals surface area contributed by atoms with Gasteiger partial charge in [-0.25, -0.2) is 0 Å². The third-order valence-electron chi connectivity index (χ3n) is 4.84. The van der Waals surface area contributed by atoms with Crippen molar-refractivity contribution in [1.29, 1.82) is 0 Å². The maximum Gasteiger partial charge on any atom is 0.253 e. The molecule has 0 aliphatic carbocycles. The topological polar surface area (TPSA) is 49.4 Å². The number of piperidine rings is 1. The smallest absolute Gasteiger partial charge is 0.253 e. The van der Waals surface area contributed by atoms with Crippen LogP contribution in [-0.2, 0) is 4.79 Å². The molecule has 1 N–H and O–H groups in total. The summed E-state index contributed by atoms with van der Waals surface area (Å²) in [4.78, 5) is 26.4. The first-order valence-electron chi connectivity index (χ1n) is 8.77. The second kappa shape index (κ2) is 8.70. The van der Waals surface area contributed by atoms with Gasteiger partial charge in [-0.1, -0.05) is 32.0 Å². The SMILES string of the molecule is CCC(CC)C(=O)NCC1CCN(C(=O)c2ccccc2)CC1. The second-order valence-electron chi connectivity index (χ2n) is 6.36. The minimum absolute atomic E-state index is 0.116. The van der Waals surface area contributed by atoms with E-state index in [9.17, 15) is 9.59 Å². The molecule has 0 bridgehead atoms. The average molecular weight is 316 g/mol. The number of carbonyl (C=O) groups excluding carboxylic acids is 2. The summed E-state index contributed by atoms with van der Waals surface area (Å²) < 4.78 is 0. The fourth-order valence-electron chi connectivity index (χ4n) is 3.15. The number of hydrogen-bond acceptors (Lipinski definition) is 2. The Hall–Kier alpha value is -1.84. The zero-order valence-electron chi connectivity index (χ0n) is 14.3. The molecule has 0 radical (unpaired) electrons. The lowest BCUT2D eigenvalue weighted by molar-refractivity contribution is -0.125. The number of likely N-dealkylation sites (tertiary alicyclic amines) is 1. The molecule has 1 heterocycles. The molecule has 0 atom stereocenters. The third-order valence-corrected chi connectivity index (χ3v) is 4.84. The van der Waals surface area contributed by atoms with E-state index in [1.165, 1.54) is 0 Å². The molecule has 4 heteroatoms. The van der Waals surface area contributed by atoms with Gasteiger partial charge in [0.1, 0.15) is 0 Å². The normalized spacial score (nSPS) is 15.7. The molecule has 1 aromatic carbocycles. The predicted octanol–water partition coefficient (Wildman–Crippen LogP) is 3.09. The van der Waals surface area contributed by atoms with E-state index in [1.807, 2.05) is 35.2 Å². The molecular formula is C19H28N2O2. The number of carbonyl (C=O) groups is 2. The number of hydrogen-bond donors (Lipinski definition) is 1. The minimum atomic E-state index is 0.116. The molecule has 1 aromatic rings. The van der Waals surface area contributed by atoms with Crippen LogP contribution < -0.4 is 5.32 Å². The molecule has 4 nitrogen and oxygen atoms in total. The van der Waals surface area contributed by atoms with Crippen LogP contribution in [0.5, 0.6) is 0 Å². The van der Waals surface area contributed by atoms with E-state index in [0.717, 1.165) is 50.9 Å². The summed E-state index contributed by atoms with van der Waals surface area (Å²) in [7, 11) is 0. The van der Waals surface area contributed by atoms with E-state index in [4.69, 9.17) is 0 Å². The van der Waals surface area contributed by atoms with Gasteiger partial charge in [0.25, 0.3) is 5.91 Å². The number of nitrogens with one attached hydrogen (secondary N) is 1. The van der Waals surface area contributed by atoms with E-state index >= 15 is 0 Å². The Labute approximate surface area is 139 Å². The van der Waals surface area contributed by atoms with Crippen LogP contribution in [0.15, 0.2) is 30.3 Å².